The second kappa shape index (κ2) is 4.18. The molecular formula is C12H11NO3. The smallest absolute Gasteiger partial charge is 0.259 e. The van der Waals surface area contributed by atoms with Crippen LogP contribution >= 0.6 is 0 Å². The summed E-state index contributed by atoms with van der Waals surface area (Å²) in [6, 6.07) is 5.23. The highest BCUT2D eigenvalue weighted by Crippen LogP contribution is 2.20. The summed E-state index contributed by atoms with van der Waals surface area (Å²) < 4.78 is 5.01. The first-order valence-electron chi connectivity index (χ1n) is 4.94. The van der Waals surface area contributed by atoms with Crippen molar-refractivity contribution in [2.75, 3.05) is 6.61 Å². The standard InChI is InChI=1S/C12H11NO3/c1-2-16-7-6-8-4-3-5-9-10(8)12(15)13-11(9)14/h2-5H,1,6-7H2,(H,13,14,15). The topological polar surface area (TPSA) is 55.4 Å². The Hall–Kier alpha value is -2.10. The van der Waals surface area contributed by atoms with E-state index in [1.807, 2.05) is 6.07 Å². The van der Waals surface area contributed by atoms with Gasteiger partial charge in [-0.1, -0.05) is 18.7 Å². The van der Waals surface area contributed by atoms with Gasteiger partial charge < -0.3 is 4.74 Å². The highest BCUT2D eigenvalue weighted by Gasteiger charge is 2.28. The quantitative estimate of drug-likeness (QED) is 0.469. The van der Waals surface area contributed by atoms with Gasteiger partial charge in [-0.05, 0) is 11.6 Å². The fraction of sp³-hybridized carbons (Fsp3) is 0.167. The third kappa shape index (κ3) is 1.69. The fourth-order valence-corrected chi connectivity index (χ4v) is 1.75. The van der Waals surface area contributed by atoms with Crippen LogP contribution in [0, 0.1) is 0 Å². The molecule has 0 unspecified atom stereocenters. The molecule has 82 valence electrons. The predicted molar refractivity (Wildman–Crippen MR) is 58.1 cm³/mol. The third-order valence-electron chi connectivity index (χ3n) is 2.46. The molecule has 1 aromatic carbocycles. The van der Waals surface area contributed by atoms with Crippen LogP contribution in [0.2, 0.25) is 0 Å². The van der Waals surface area contributed by atoms with Crippen molar-refractivity contribution < 1.29 is 14.3 Å². The van der Waals surface area contributed by atoms with Crippen molar-refractivity contribution in [3.8, 4) is 0 Å². The van der Waals surface area contributed by atoms with Crippen LogP contribution in [0.4, 0.5) is 0 Å². The molecule has 0 aromatic heterocycles. The maximum atomic E-state index is 11.5. The summed E-state index contributed by atoms with van der Waals surface area (Å²) >= 11 is 0. The van der Waals surface area contributed by atoms with Crippen molar-refractivity contribution in [3.63, 3.8) is 0 Å². The van der Waals surface area contributed by atoms with Gasteiger partial charge in [-0.25, -0.2) is 0 Å². The van der Waals surface area contributed by atoms with E-state index in [4.69, 9.17) is 4.74 Å². The van der Waals surface area contributed by atoms with E-state index in [0.717, 1.165) is 5.56 Å². The molecule has 1 N–H and O–H groups in total. The molecular weight excluding hydrogens is 206 g/mol. The van der Waals surface area contributed by atoms with Crippen molar-refractivity contribution in [3.05, 3.63) is 47.7 Å². The van der Waals surface area contributed by atoms with Crippen molar-refractivity contribution >= 4 is 11.8 Å². The maximum absolute atomic E-state index is 11.5. The van der Waals surface area contributed by atoms with E-state index in [1.165, 1.54) is 6.26 Å². The monoisotopic (exact) mass is 217 g/mol. The van der Waals surface area contributed by atoms with Gasteiger partial charge in [0, 0.05) is 6.42 Å². The van der Waals surface area contributed by atoms with Crippen LogP contribution < -0.4 is 5.32 Å². The summed E-state index contributed by atoms with van der Waals surface area (Å²) in [7, 11) is 0. The molecule has 0 radical (unpaired) electrons. The Bertz CT molecular complexity index is 465. The van der Waals surface area contributed by atoms with Gasteiger partial charge in [0.1, 0.15) is 0 Å². The number of carbonyl (C=O) groups excluding carboxylic acids is 2. The van der Waals surface area contributed by atoms with Crippen molar-refractivity contribution in [1.29, 1.82) is 0 Å². The van der Waals surface area contributed by atoms with Crippen LogP contribution in [0.3, 0.4) is 0 Å². The fourth-order valence-electron chi connectivity index (χ4n) is 1.75. The Morgan fingerprint density at radius 2 is 2.12 bits per heavy atom. The summed E-state index contributed by atoms with van der Waals surface area (Å²) in [5.74, 6) is -0.652. The largest absolute Gasteiger partial charge is 0.501 e. The van der Waals surface area contributed by atoms with Gasteiger partial charge in [-0.2, -0.15) is 0 Å². The second-order valence-corrected chi connectivity index (χ2v) is 3.41. The molecule has 2 amide bonds. The molecule has 1 aromatic rings. The lowest BCUT2D eigenvalue weighted by Gasteiger charge is -2.05. The van der Waals surface area contributed by atoms with Crippen LogP contribution in [-0.4, -0.2) is 18.4 Å². The van der Waals surface area contributed by atoms with Gasteiger partial charge >= 0.3 is 0 Å². The molecule has 0 bridgehead atoms. The number of nitrogens with one attached hydrogen (secondary N) is 1. The van der Waals surface area contributed by atoms with Crippen molar-refractivity contribution in [2.45, 2.75) is 6.42 Å². The van der Waals surface area contributed by atoms with E-state index in [2.05, 4.69) is 11.9 Å². The van der Waals surface area contributed by atoms with Crippen LogP contribution in [0.5, 0.6) is 0 Å². The predicted octanol–water partition coefficient (Wildman–Crippen LogP) is 1.27. The average molecular weight is 217 g/mol. The average Bonchev–Trinajstić information content (AvgIpc) is 2.56. The molecule has 1 aliphatic rings. The number of carbonyl (C=O) groups is 2. The molecule has 1 aliphatic heterocycles. The van der Waals surface area contributed by atoms with Gasteiger partial charge in [0.25, 0.3) is 11.8 Å². The van der Waals surface area contributed by atoms with Gasteiger partial charge in [0.2, 0.25) is 0 Å². The van der Waals surface area contributed by atoms with Crippen molar-refractivity contribution in [2.24, 2.45) is 0 Å². The van der Waals surface area contributed by atoms with Gasteiger partial charge in [-0.3, -0.25) is 14.9 Å². The molecule has 2 rings (SSSR count). The number of fused-ring (bicyclic) bond motifs is 1. The number of imide groups is 1. The first-order valence-corrected chi connectivity index (χ1v) is 4.94. The molecule has 1 heterocycles. The van der Waals surface area contributed by atoms with E-state index < -0.39 is 0 Å². The van der Waals surface area contributed by atoms with E-state index in [1.54, 1.807) is 12.1 Å². The van der Waals surface area contributed by atoms with E-state index in [-0.39, 0.29) is 11.8 Å². The SMILES string of the molecule is C=COCCc1cccc2c1C(=O)NC2=O. The third-order valence-corrected chi connectivity index (χ3v) is 2.46. The van der Waals surface area contributed by atoms with E-state index in [9.17, 15) is 9.59 Å². The van der Waals surface area contributed by atoms with Crippen LogP contribution in [-0.2, 0) is 11.2 Å². The Morgan fingerprint density at radius 1 is 1.31 bits per heavy atom. The molecule has 0 fully saturated rings. The highest BCUT2D eigenvalue weighted by molar-refractivity contribution is 6.22. The zero-order valence-electron chi connectivity index (χ0n) is 8.66. The summed E-state index contributed by atoms with van der Waals surface area (Å²) in [4.78, 5) is 22.9. The number of hydrogen-bond acceptors (Lipinski definition) is 3. The zero-order valence-corrected chi connectivity index (χ0v) is 8.66. The minimum absolute atomic E-state index is 0.325. The minimum atomic E-state index is -0.327. The first-order chi connectivity index (χ1) is 7.74. The van der Waals surface area contributed by atoms with E-state index >= 15 is 0 Å². The summed E-state index contributed by atoms with van der Waals surface area (Å²) in [6.07, 6.45) is 1.93. The maximum Gasteiger partial charge on any atom is 0.259 e. The molecule has 0 atom stereocenters. The lowest BCUT2D eigenvalue weighted by Crippen LogP contribution is -2.20. The number of ether oxygens (including phenoxy) is 1. The Labute approximate surface area is 92.9 Å². The van der Waals surface area contributed by atoms with Gasteiger partial charge in [0.05, 0.1) is 24.0 Å². The van der Waals surface area contributed by atoms with Crippen molar-refractivity contribution in [1.82, 2.24) is 5.32 Å². The minimum Gasteiger partial charge on any atom is -0.501 e. The lowest BCUT2D eigenvalue weighted by atomic mass is 10.0. The molecule has 16 heavy (non-hydrogen) atoms. The number of hydrogen-bond donors (Lipinski definition) is 1. The van der Waals surface area contributed by atoms with Gasteiger partial charge in [-0.15, -0.1) is 0 Å². The molecule has 4 heteroatoms. The summed E-state index contributed by atoms with van der Waals surface area (Å²) in [5, 5.41) is 2.27. The second-order valence-electron chi connectivity index (χ2n) is 3.41. The number of benzene rings is 1. The van der Waals surface area contributed by atoms with Crippen LogP contribution in [0.15, 0.2) is 31.0 Å². The number of rotatable bonds is 4. The molecule has 0 saturated carbocycles. The van der Waals surface area contributed by atoms with Crippen LogP contribution in [0.1, 0.15) is 26.3 Å². The normalized spacial score (nSPS) is 13.2. The Kier molecular flexibility index (Phi) is 2.72. The van der Waals surface area contributed by atoms with Gasteiger partial charge in [0.15, 0.2) is 0 Å². The lowest BCUT2D eigenvalue weighted by molar-refractivity contribution is 0.0879. The number of amides is 2. The zero-order chi connectivity index (χ0) is 11.5. The first kappa shape index (κ1) is 10.4. The molecule has 4 nitrogen and oxygen atoms in total. The summed E-state index contributed by atoms with van der Waals surface area (Å²) in [5.41, 5.74) is 1.74. The highest BCUT2D eigenvalue weighted by atomic mass is 16.5. The molecule has 0 aliphatic carbocycles. The Balaban J connectivity index is 2.30. The van der Waals surface area contributed by atoms with E-state index in [0.29, 0.717) is 24.2 Å². The summed E-state index contributed by atoms with van der Waals surface area (Å²) in [6.45, 7) is 3.88. The Morgan fingerprint density at radius 3 is 2.88 bits per heavy atom. The molecule has 0 saturated heterocycles. The van der Waals surface area contributed by atoms with Crippen LogP contribution in [0.25, 0.3) is 0 Å². The molecule has 0 spiro atoms.